The van der Waals surface area contributed by atoms with E-state index in [4.69, 9.17) is 0 Å². The fourth-order valence-corrected chi connectivity index (χ4v) is 1.98. The van der Waals surface area contributed by atoms with E-state index in [0.717, 1.165) is 21.9 Å². The van der Waals surface area contributed by atoms with Crippen LogP contribution >= 0.6 is 0 Å². The van der Waals surface area contributed by atoms with E-state index in [1.807, 2.05) is 54.6 Å². The van der Waals surface area contributed by atoms with Crippen LogP contribution < -0.4 is 0 Å². The molecule has 0 fully saturated rings. The van der Waals surface area contributed by atoms with Gasteiger partial charge in [-0.05, 0) is 22.4 Å². The number of benzene rings is 3. The third-order valence-corrected chi connectivity index (χ3v) is 2.83. The lowest BCUT2D eigenvalue weighted by Gasteiger charge is -2.06. The van der Waals surface area contributed by atoms with Gasteiger partial charge < -0.3 is 5.11 Å². The highest BCUT2D eigenvalue weighted by atomic mass is 16.3. The normalized spacial score (nSPS) is 10.6. The second-order valence-corrected chi connectivity index (χ2v) is 3.98. The summed E-state index contributed by atoms with van der Waals surface area (Å²) in [5.74, 6) is 0.273. The first-order valence-corrected chi connectivity index (χ1v) is 5.54. The summed E-state index contributed by atoms with van der Waals surface area (Å²) >= 11 is 0. The molecule has 0 aliphatic heterocycles. The Morgan fingerprint density at radius 1 is 0.824 bits per heavy atom. The van der Waals surface area contributed by atoms with Gasteiger partial charge >= 0.3 is 0 Å². The van der Waals surface area contributed by atoms with Gasteiger partial charge in [0.1, 0.15) is 5.75 Å². The van der Waals surface area contributed by atoms with Crippen LogP contribution in [0.2, 0.25) is 0 Å². The topological polar surface area (TPSA) is 20.2 Å². The van der Waals surface area contributed by atoms with Crippen LogP contribution in [0.3, 0.4) is 0 Å². The van der Waals surface area contributed by atoms with Crippen LogP contribution in [0.25, 0.3) is 21.9 Å². The summed E-state index contributed by atoms with van der Waals surface area (Å²) in [5.41, 5.74) is 1.74. The summed E-state index contributed by atoms with van der Waals surface area (Å²) in [6.45, 7) is 0. The van der Waals surface area contributed by atoms with Gasteiger partial charge in [0.25, 0.3) is 0 Å². The largest absolute Gasteiger partial charge is 0.507 e. The second kappa shape index (κ2) is 3.95. The third-order valence-electron chi connectivity index (χ3n) is 2.83. The standard InChI is InChI=1S/C16H11O/c17-16-11-14-9-5-4-8-13(14)10-15(16)12-6-2-1-3-7-12/h1-9,11,17H. The van der Waals surface area contributed by atoms with E-state index in [2.05, 4.69) is 6.07 Å². The minimum atomic E-state index is 0.273. The summed E-state index contributed by atoms with van der Waals surface area (Å²) in [5, 5.41) is 12.1. The molecule has 17 heavy (non-hydrogen) atoms. The molecular weight excluding hydrogens is 208 g/mol. The predicted molar refractivity (Wildman–Crippen MR) is 69.9 cm³/mol. The molecular formula is C16H11O. The molecule has 1 N–H and O–H groups in total. The van der Waals surface area contributed by atoms with E-state index in [1.54, 1.807) is 6.07 Å². The Balaban J connectivity index is 2.27. The number of aromatic hydroxyl groups is 1. The zero-order valence-electron chi connectivity index (χ0n) is 9.22. The van der Waals surface area contributed by atoms with Crippen molar-refractivity contribution < 1.29 is 5.11 Å². The Morgan fingerprint density at radius 3 is 2.35 bits per heavy atom. The monoisotopic (exact) mass is 219 g/mol. The Hall–Kier alpha value is -2.28. The van der Waals surface area contributed by atoms with Crippen LogP contribution in [-0.2, 0) is 0 Å². The van der Waals surface area contributed by atoms with Crippen molar-refractivity contribution in [3.05, 3.63) is 66.7 Å². The van der Waals surface area contributed by atoms with Crippen molar-refractivity contribution in [3.8, 4) is 16.9 Å². The van der Waals surface area contributed by atoms with E-state index in [9.17, 15) is 5.11 Å². The molecule has 1 radical (unpaired) electrons. The van der Waals surface area contributed by atoms with Crippen LogP contribution in [0.15, 0.2) is 60.7 Å². The number of fused-ring (bicyclic) bond motifs is 1. The Bertz CT molecular complexity index is 657. The number of phenolic OH excluding ortho intramolecular Hbond substituents is 1. The van der Waals surface area contributed by atoms with Gasteiger partial charge in [-0.2, -0.15) is 0 Å². The summed E-state index contributed by atoms with van der Waals surface area (Å²) in [6, 6.07) is 22.8. The van der Waals surface area contributed by atoms with Crippen LogP contribution in [0.1, 0.15) is 0 Å². The molecule has 0 aliphatic rings. The number of rotatable bonds is 1. The number of hydrogen-bond donors (Lipinski definition) is 1. The highest BCUT2D eigenvalue weighted by molar-refractivity contribution is 5.89. The lowest BCUT2D eigenvalue weighted by molar-refractivity contribution is 0.478. The molecule has 0 aromatic heterocycles. The maximum absolute atomic E-state index is 10.0. The van der Waals surface area contributed by atoms with Gasteiger partial charge in [-0.1, -0.05) is 54.6 Å². The van der Waals surface area contributed by atoms with Gasteiger partial charge in [-0.25, -0.2) is 0 Å². The Kier molecular flexibility index (Phi) is 2.30. The van der Waals surface area contributed by atoms with Crippen LogP contribution in [-0.4, -0.2) is 5.11 Å². The summed E-state index contributed by atoms with van der Waals surface area (Å²) in [4.78, 5) is 0. The van der Waals surface area contributed by atoms with Crippen molar-refractivity contribution in [2.24, 2.45) is 0 Å². The maximum atomic E-state index is 10.0. The molecule has 1 heteroatoms. The molecule has 0 heterocycles. The molecule has 0 saturated carbocycles. The van der Waals surface area contributed by atoms with Crippen molar-refractivity contribution in [1.29, 1.82) is 0 Å². The molecule has 0 aliphatic carbocycles. The third kappa shape index (κ3) is 1.76. The molecule has 3 rings (SSSR count). The molecule has 0 amide bonds. The minimum absolute atomic E-state index is 0.273. The number of phenols is 1. The summed E-state index contributed by atoms with van der Waals surface area (Å²) < 4.78 is 0. The molecule has 0 unspecified atom stereocenters. The van der Waals surface area contributed by atoms with Crippen molar-refractivity contribution in [1.82, 2.24) is 0 Å². The summed E-state index contributed by atoms with van der Waals surface area (Å²) in [7, 11) is 0. The SMILES string of the molecule is Oc1cc2ccccc2[c]c1-c1ccccc1. The molecule has 0 bridgehead atoms. The van der Waals surface area contributed by atoms with Gasteiger partial charge in [0.2, 0.25) is 0 Å². The fourth-order valence-electron chi connectivity index (χ4n) is 1.98. The first-order valence-electron chi connectivity index (χ1n) is 5.54. The lowest BCUT2D eigenvalue weighted by Crippen LogP contribution is -1.81. The van der Waals surface area contributed by atoms with Crippen molar-refractivity contribution >= 4 is 10.8 Å². The molecule has 0 atom stereocenters. The molecule has 81 valence electrons. The fraction of sp³-hybridized carbons (Fsp3) is 0. The van der Waals surface area contributed by atoms with Gasteiger partial charge in [-0.15, -0.1) is 0 Å². The average Bonchev–Trinajstić information content (AvgIpc) is 2.39. The van der Waals surface area contributed by atoms with Crippen molar-refractivity contribution in [3.63, 3.8) is 0 Å². The maximum Gasteiger partial charge on any atom is 0.124 e. The summed E-state index contributed by atoms with van der Waals surface area (Å²) in [6.07, 6.45) is 0. The first-order chi connectivity index (χ1) is 8.34. The van der Waals surface area contributed by atoms with E-state index in [0.29, 0.717) is 0 Å². The zero-order chi connectivity index (χ0) is 11.7. The quantitative estimate of drug-likeness (QED) is 0.655. The van der Waals surface area contributed by atoms with Crippen molar-refractivity contribution in [2.45, 2.75) is 0 Å². The smallest absolute Gasteiger partial charge is 0.124 e. The Morgan fingerprint density at radius 2 is 1.53 bits per heavy atom. The van der Waals surface area contributed by atoms with E-state index in [1.165, 1.54) is 0 Å². The van der Waals surface area contributed by atoms with E-state index >= 15 is 0 Å². The van der Waals surface area contributed by atoms with Crippen LogP contribution in [0, 0.1) is 6.07 Å². The molecule has 0 saturated heterocycles. The molecule has 1 nitrogen and oxygen atoms in total. The zero-order valence-corrected chi connectivity index (χ0v) is 9.22. The van der Waals surface area contributed by atoms with Gasteiger partial charge in [0, 0.05) is 11.6 Å². The average molecular weight is 219 g/mol. The van der Waals surface area contributed by atoms with Gasteiger partial charge in [0.05, 0.1) is 0 Å². The van der Waals surface area contributed by atoms with Crippen molar-refractivity contribution in [2.75, 3.05) is 0 Å². The molecule has 3 aromatic rings. The first kappa shape index (κ1) is 9.91. The second-order valence-electron chi connectivity index (χ2n) is 3.98. The van der Waals surface area contributed by atoms with E-state index < -0.39 is 0 Å². The van der Waals surface area contributed by atoms with Crippen LogP contribution in [0.4, 0.5) is 0 Å². The number of hydrogen-bond acceptors (Lipinski definition) is 1. The highest BCUT2D eigenvalue weighted by Gasteiger charge is 2.05. The minimum Gasteiger partial charge on any atom is -0.507 e. The lowest BCUT2D eigenvalue weighted by atomic mass is 10.0. The molecule has 0 spiro atoms. The highest BCUT2D eigenvalue weighted by Crippen LogP contribution is 2.32. The van der Waals surface area contributed by atoms with Gasteiger partial charge in [-0.3, -0.25) is 0 Å². The Labute approximate surface area is 100.0 Å². The van der Waals surface area contributed by atoms with Gasteiger partial charge in [0.15, 0.2) is 0 Å². The predicted octanol–water partition coefficient (Wildman–Crippen LogP) is 4.01. The molecule has 3 aromatic carbocycles. The van der Waals surface area contributed by atoms with E-state index in [-0.39, 0.29) is 5.75 Å². The van der Waals surface area contributed by atoms with Crippen LogP contribution in [0.5, 0.6) is 5.75 Å².